The Balaban J connectivity index is 1.46. The van der Waals surface area contributed by atoms with Crippen molar-refractivity contribution in [1.82, 2.24) is 24.7 Å². The Morgan fingerprint density at radius 3 is 2.53 bits per heavy atom. The average molecular weight is 438 g/mol. The largest absolute Gasteiger partial charge is 0.351 e. The third-order valence-electron chi connectivity index (χ3n) is 7.67. The molecule has 7 heteroatoms. The van der Waals surface area contributed by atoms with Gasteiger partial charge in [0, 0.05) is 19.1 Å². The van der Waals surface area contributed by atoms with Crippen molar-refractivity contribution in [1.29, 1.82) is 0 Å². The summed E-state index contributed by atoms with van der Waals surface area (Å²) < 4.78 is 1.96. The number of imidazole rings is 1. The summed E-state index contributed by atoms with van der Waals surface area (Å²) in [5, 5.41) is 3.34. The third-order valence-corrected chi connectivity index (χ3v) is 7.67. The normalized spacial score (nSPS) is 25.2. The van der Waals surface area contributed by atoms with Gasteiger partial charge in [0.15, 0.2) is 5.82 Å². The number of aromatic nitrogens is 2. The molecule has 1 saturated carbocycles. The fraction of sp³-hybridized carbons (Fsp3) is 0.640. The van der Waals surface area contributed by atoms with Crippen molar-refractivity contribution in [2.75, 3.05) is 26.2 Å². The Morgan fingerprint density at radius 1 is 1.06 bits per heavy atom. The van der Waals surface area contributed by atoms with Crippen molar-refractivity contribution in [3.05, 3.63) is 30.1 Å². The van der Waals surface area contributed by atoms with Gasteiger partial charge in [0.25, 0.3) is 5.91 Å². The fourth-order valence-corrected chi connectivity index (χ4v) is 5.69. The number of benzene rings is 1. The van der Waals surface area contributed by atoms with Gasteiger partial charge in [0.2, 0.25) is 5.91 Å². The average Bonchev–Trinajstić information content (AvgIpc) is 3.36. The van der Waals surface area contributed by atoms with E-state index in [2.05, 4.69) is 15.2 Å². The highest BCUT2D eigenvalue weighted by Gasteiger charge is 2.48. The van der Waals surface area contributed by atoms with E-state index in [1.807, 2.05) is 35.8 Å². The molecule has 1 unspecified atom stereocenters. The monoisotopic (exact) mass is 437 g/mol. The van der Waals surface area contributed by atoms with Crippen molar-refractivity contribution >= 4 is 22.8 Å². The summed E-state index contributed by atoms with van der Waals surface area (Å²) in [5.74, 6) is 0.292. The Morgan fingerprint density at radius 2 is 1.78 bits per heavy atom. The molecule has 1 N–H and O–H groups in total. The lowest BCUT2D eigenvalue weighted by Gasteiger charge is -2.44. The van der Waals surface area contributed by atoms with Crippen LogP contribution in [0.4, 0.5) is 0 Å². The number of nitrogens with one attached hydrogen (secondary N) is 1. The topological polar surface area (TPSA) is 70.5 Å². The highest BCUT2D eigenvalue weighted by Crippen LogP contribution is 2.31. The predicted octanol–water partition coefficient (Wildman–Crippen LogP) is 3.19. The summed E-state index contributed by atoms with van der Waals surface area (Å²) in [6.45, 7) is 5.89. The van der Waals surface area contributed by atoms with Crippen molar-refractivity contribution < 1.29 is 9.59 Å². The van der Waals surface area contributed by atoms with Crippen LogP contribution in [0.2, 0.25) is 0 Å². The number of rotatable bonds is 5. The van der Waals surface area contributed by atoms with E-state index in [0.29, 0.717) is 18.9 Å². The molecule has 2 aliphatic heterocycles. The quantitative estimate of drug-likeness (QED) is 0.730. The lowest BCUT2D eigenvalue weighted by Crippen LogP contribution is -2.65. The third kappa shape index (κ3) is 3.91. The van der Waals surface area contributed by atoms with Gasteiger partial charge in [0.05, 0.1) is 17.6 Å². The molecule has 1 atom stereocenters. The first kappa shape index (κ1) is 21.4. The molecule has 32 heavy (non-hydrogen) atoms. The van der Waals surface area contributed by atoms with Crippen molar-refractivity contribution in [2.45, 2.75) is 76.4 Å². The molecule has 3 aliphatic rings. The summed E-state index contributed by atoms with van der Waals surface area (Å²) in [4.78, 5) is 36.3. The number of para-hydroxylation sites is 2. The molecule has 0 bridgehead atoms. The maximum absolute atomic E-state index is 13.8. The maximum atomic E-state index is 13.8. The molecular formula is C25H35N5O2. The standard InChI is InChI=1S/C25H35N5O2/c1-25(24(32)26-19-10-4-2-3-5-11-19)18-29-21-13-7-6-12-20(21)27-22(29)23(31)30(25)17-16-28-14-8-9-15-28/h6-7,12-13,19H,2-5,8-11,14-18H2,1H3,(H,26,32). The SMILES string of the molecule is CC1(C(=O)NC2CCCCCC2)Cn2c(nc3ccccc32)C(=O)N1CCN1CCCC1. The number of fused-ring (bicyclic) bond motifs is 3. The minimum absolute atomic E-state index is 0.0254. The summed E-state index contributed by atoms with van der Waals surface area (Å²) in [5.41, 5.74) is 0.798. The van der Waals surface area contributed by atoms with Gasteiger partial charge in [-0.05, 0) is 57.8 Å². The van der Waals surface area contributed by atoms with Crippen LogP contribution < -0.4 is 5.32 Å². The predicted molar refractivity (Wildman–Crippen MR) is 124 cm³/mol. The number of hydrogen-bond donors (Lipinski definition) is 1. The molecule has 2 aromatic rings. The lowest BCUT2D eigenvalue weighted by atomic mass is 9.94. The van der Waals surface area contributed by atoms with E-state index in [1.165, 1.54) is 25.7 Å². The van der Waals surface area contributed by atoms with Crippen molar-refractivity contribution in [3.63, 3.8) is 0 Å². The first-order valence-corrected chi connectivity index (χ1v) is 12.4. The van der Waals surface area contributed by atoms with Gasteiger partial charge in [0.1, 0.15) is 5.54 Å². The zero-order valence-corrected chi connectivity index (χ0v) is 19.2. The first-order valence-electron chi connectivity index (χ1n) is 12.4. The van der Waals surface area contributed by atoms with Crippen LogP contribution in [0.25, 0.3) is 11.0 Å². The van der Waals surface area contributed by atoms with Gasteiger partial charge in [-0.15, -0.1) is 0 Å². The fourth-order valence-electron chi connectivity index (χ4n) is 5.69. The van der Waals surface area contributed by atoms with Gasteiger partial charge in [-0.2, -0.15) is 0 Å². The molecule has 1 saturated heterocycles. The zero-order chi connectivity index (χ0) is 22.1. The van der Waals surface area contributed by atoms with Crippen molar-refractivity contribution in [3.8, 4) is 0 Å². The van der Waals surface area contributed by atoms with Gasteiger partial charge in [-0.1, -0.05) is 37.8 Å². The van der Waals surface area contributed by atoms with Crippen LogP contribution in [-0.4, -0.2) is 68.9 Å². The van der Waals surface area contributed by atoms with E-state index >= 15 is 0 Å². The number of hydrogen-bond acceptors (Lipinski definition) is 4. The van der Waals surface area contributed by atoms with Crippen LogP contribution in [-0.2, 0) is 11.3 Å². The van der Waals surface area contributed by atoms with E-state index < -0.39 is 5.54 Å². The van der Waals surface area contributed by atoms with Gasteiger partial charge in [-0.25, -0.2) is 4.98 Å². The van der Waals surface area contributed by atoms with E-state index in [-0.39, 0.29) is 17.9 Å². The summed E-state index contributed by atoms with van der Waals surface area (Å²) >= 11 is 0. The first-order chi connectivity index (χ1) is 15.6. The molecule has 172 valence electrons. The Labute approximate surface area is 190 Å². The number of likely N-dealkylation sites (tertiary alicyclic amines) is 1. The number of carbonyl (C=O) groups excluding carboxylic acids is 2. The van der Waals surface area contributed by atoms with Crippen molar-refractivity contribution in [2.24, 2.45) is 0 Å². The van der Waals surface area contributed by atoms with E-state index in [1.54, 1.807) is 4.90 Å². The molecule has 0 spiro atoms. The van der Waals surface area contributed by atoms with E-state index in [0.717, 1.165) is 56.4 Å². The molecule has 5 rings (SSSR count). The molecule has 2 fully saturated rings. The Bertz CT molecular complexity index is 987. The summed E-state index contributed by atoms with van der Waals surface area (Å²) in [7, 11) is 0. The lowest BCUT2D eigenvalue weighted by molar-refractivity contribution is -0.133. The molecule has 1 aromatic heterocycles. The number of amides is 2. The second-order valence-corrected chi connectivity index (χ2v) is 9.95. The summed E-state index contributed by atoms with van der Waals surface area (Å²) in [6, 6.07) is 8.03. The minimum atomic E-state index is -0.931. The van der Waals surface area contributed by atoms with Crippen LogP contribution in [0.15, 0.2) is 24.3 Å². The van der Waals surface area contributed by atoms with Crippen LogP contribution in [0.5, 0.6) is 0 Å². The van der Waals surface area contributed by atoms with Crippen LogP contribution in [0.3, 0.4) is 0 Å². The van der Waals surface area contributed by atoms with E-state index in [4.69, 9.17) is 0 Å². The maximum Gasteiger partial charge on any atom is 0.290 e. The van der Waals surface area contributed by atoms with Crippen LogP contribution >= 0.6 is 0 Å². The minimum Gasteiger partial charge on any atom is -0.351 e. The Kier molecular flexibility index (Phi) is 5.93. The zero-order valence-electron chi connectivity index (χ0n) is 19.2. The molecule has 2 amide bonds. The molecule has 1 aromatic carbocycles. The highest BCUT2D eigenvalue weighted by molar-refractivity contribution is 6.01. The molecule has 7 nitrogen and oxygen atoms in total. The molecule has 1 aliphatic carbocycles. The van der Waals surface area contributed by atoms with Gasteiger partial charge < -0.3 is 19.7 Å². The smallest absolute Gasteiger partial charge is 0.290 e. The Hall–Kier alpha value is -2.41. The van der Waals surface area contributed by atoms with Crippen LogP contribution in [0.1, 0.15) is 68.9 Å². The van der Waals surface area contributed by atoms with E-state index in [9.17, 15) is 9.59 Å². The highest BCUT2D eigenvalue weighted by atomic mass is 16.2. The molecular weight excluding hydrogens is 402 g/mol. The number of carbonyl (C=O) groups is 2. The molecule has 3 heterocycles. The van der Waals surface area contributed by atoms with Gasteiger partial charge in [-0.3, -0.25) is 9.59 Å². The molecule has 0 radical (unpaired) electrons. The second-order valence-electron chi connectivity index (χ2n) is 9.95. The van der Waals surface area contributed by atoms with Gasteiger partial charge >= 0.3 is 0 Å². The summed E-state index contributed by atoms with van der Waals surface area (Å²) in [6.07, 6.45) is 9.30. The second kappa shape index (κ2) is 8.85. The van der Waals surface area contributed by atoms with Crippen LogP contribution in [0, 0.1) is 0 Å². The number of nitrogens with zero attached hydrogens (tertiary/aromatic N) is 4.